The van der Waals surface area contributed by atoms with Crippen molar-refractivity contribution in [2.24, 2.45) is 46.3 Å². The van der Waals surface area contributed by atoms with E-state index in [0.29, 0.717) is 22.4 Å². The molecule has 0 heterocycles. The third kappa shape index (κ3) is 6.52. The van der Waals surface area contributed by atoms with E-state index in [1.54, 1.807) is 0 Å². The smallest absolute Gasteiger partial charge is 0.338 e. The van der Waals surface area contributed by atoms with Crippen LogP contribution in [0.25, 0.3) is 0 Å². The van der Waals surface area contributed by atoms with Crippen LogP contribution in [0, 0.1) is 46.3 Å². The first-order valence-electron chi connectivity index (χ1n) is 17.7. The van der Waals surface area contributed by atoms with Gasteiger partial charge in [-0.05, 0) is 122 Å². The van der Waals surface area contributed by atoms with Gasteiger partial charge in [0.05, 0.1) is 12.2 Å². The van der Waals surface area contributed by atoms with E-state index in [0.717, 1.165) is 73.4 Å². The van der Waals surface area contributed by atoms with Crippen LogP contribution >= 0.6 is 31.9 Å². The second-order valence-electron chi connectivity index (χ2n) is 15.9. The molecule has 1 aromatic carbocycles. The lowest BCUT2D eigenvalue weighted by molar-refractivity contribution is -0.112. The van der Waals surface area contributed by atoms with Gasteiger partial charge in [-0.15, -0.1) is 0 Å². The number of halogens is 2. The zero-order valence-electron chi connectivity index (χ0n) is 27.8. The first-order valence-corrected chi connectivity index (χ1v) is 19.4. The number of unbranched alkanes of at least 4 members (excludes halogenated alkanes) is 1. The number of rotatable bonds is 11. The molecule has 0 N–H and O–H groups in total. The first kappa shape index (κ1) is 33.8. The Morgan fingerprint density at radius 2 is 1.72 bits per heavy atom. The predicted molar refractivity (Wildman–Crippen MR) is 185 cm³/mol. The van der Waals surface area contributed by atoms with Crippen LogP contribution in [0.5, 0.6) is 5.75 Å². The molecule has 4 saturated carbocycles. The van der Waals surface area contributed by atoms with Crippen molar-refractivity contribution >= 4 is 37.8 Å². The maximum Gasteiger partial charge on any atom is 0.338 e. The number of ether oxygens (including phenoxy) is 2. The van der Waals surface area contributed by atoms with Crippen molar-refractivity contribution in [2.75, 3.05) is 6.61 Å². The van der Waals surface area contributed by atoms with Crippen molar-refractivity contribution in [3.05, 3.63) is 29.8 Å². The lowest BCUT2D eigenvalue weighted by Gasteiger charge is -2.66. The van der Waals surface area contributed by atoms with Crippen molar-refractivity contribution in [3.63, 3.8) is 0 Å². The highest BCUT2D eigenvalue weighted by Crippen LogP contribution is 2.71. The van der Waals surface area contributed by atoms with Crippen molar-refractivity contribution in [1.29, 1.82) is 0 Å². The minimum Gasteiger partial charge on any atom is -0.494 e. The average molecular weight is 723 g/mol. The zero-order valence-corrected chi connectivity index (χ0v) is 31.0. The predicted octanol–water partition coefficient (Wildman–Crippen LogP) is 11.4. The molecule has 4 fully saturated rings. The van der Waals surface area contributed by atoms with Gasteiger partial charge in [-0.2, -0.15) is 0 Å². The molecule has 5 heteroatoms. The maximum atomic E-state index is 13.2. The summed E-state index contributed by atoms with van der Waals surface area (Å²) < 4.78 is 11.9. The van der Waals surface area contributed by atoms with Gasteiger partial charge in [-0.3, -0.25) is 0 Å². The molecule has 4 aliphatic carbocycles. The van der Waals surface area contributed by atoms with Crippen molar-refractivity contribution in [2.45, 2.75) is 140 Å². The Balaban J connectivity index is 1.23. The van der Waals surface area contributed by atoms with Gasteiger partial charge in [0.15, 0.2) is 0 Å². The quantitative estimate of drug-likeness (QED) is 0.130. The van der Waals surface area contributed by atoms with Gasteiger partial charge in [0, 0.05) is 15.6 Å². The van der Waals surface area contributed by atoms with Gasteiger partial charge < -0.3 is 9.47 Å². The van der Waals surface area contributed by atoms with Crippen LogP contribution < -0.4 is 4.74 Å². The summed E-state index contributed by atoms with van der Waals surface area (Å²) in [6.45, 7) is 15.4. The van der Waals surface area contributed by atoms with Gasteiger partial charge in [0.1, 0.15) is 11.9 Å². The maximum absolute atomic E-state index is 13.2. The van der Waals surface area contributed by atoms with Crippen LogP contribution in [0.1, 0.15) is 135 Å². The first-order chi connectivity index (χ1) is 20.4. The lowest BCUT2D eigenvalue weighted by atomic mass is 9.44. The second-order valence-corrected chi connectivity index (χ2v) is 18.4. The van der Waals surface area contributed by atoms with E-state index >= 15 is 0 Å². The van der Waals surface area contributed by atoms with Gasteiger partial charge in [-0.25, -0.2) is 4.79 Å². The number of carbonyl (C=O) groups is 1. The van der Waals surface area contributed by atoms with E-state index < -0.39 is 0 Å². The number of hydrogen-bond donors (Lipinski definition) is 0. The van der Waals surface area contributed by atoms with E-state index in [1.165, 1.54) is 51.4 Å². The molecule has 0 aliphatic heterocycles. The van der Waals surface area contributed by atoms with E-state index in [1.807, 2.05) is 24.3 Å². The van der Waals surface area contributed by atoms with E-state index in [2.05, 4.69) is 73.4 Å². The number of carbonyl (C=O) groups excluding carboxylic acids is 1. The number of hydrogen-bond acceptors (Lipinski definition) is 3. The fourth-order valence-electron chi connectivity index (χ4n) is 10.5. The summed E-state index contributed by atoms with van der Waals surface area (Å²) in [4.78, 5) is 13.6. The summed E-state index contributed by atoms with van der Waals surface area (Å²) in [5.41, 5.74) is 1.31. The minimum atomic E-state index is -0.211. The second kappa shape index (κ2) is 13.7. The summed E-state index contributed by atoms with van der Waals surface area (Å²) >= 11 is 8.65. The summed E-state index contributed by atoms with van der Waals surface area (Å²) in [7, 11) is 0. The topological polar surface area (TPSA) is 35.5 Å². The van der Waals surface area contributed by atoms with Crippen LogP contribution in [0.3, 0.4) is 0 Å². The van der Waals surface area contributed by atoms with E-state index in [-0.39, 0.29) is 21.8 Å². The molecule has 43 heavy (non-hydrogen) atoms. The molecule has 0 bridgehead atoms. The third-order valence-electron chi connectivity index (χ3n) is 13.0. The average Bonchev–Trinajstić information content (AvgIpc) is 3.32. The van der Waals surface area contributed by atoms with Gasteiger partial charge in [-0.1, -0.05) is 99.1 Å². The molecular weight excluding hydrogens is 664 g/mol. The molecule has 0 spiro atoms. The fraction of sp³-hybridized carbons (Fsp3) is 0.816. The van der Waals surface area contributed by atoms with Crippen LogP contribution in [-0.4, -0.2) is 27.8 Å². The highest BCUT2D eigenvalue weighted by molar-refractivity contribution is 9.12. The molecule has 1 aromatic rings. The molecule has 0 unspecified atom stereocenters. The Morgan fingerprint density at radius 1 is 0.977 bits per heavy atom. The molecular formula is C38H58Br2O3. The molecule has 10 atom stereocenters. The third-order valence-corrected chi connectivity index (χ3v) is 16.6. The van der Waals surface area contributed by atoms with Gasteiger partial charge >= 0.3 is 5.97 Å². The van der Waals surface area contributed by atoms with Gasteiger partial charge in [0.2, 0.25) is 0 Å². The van der Waals surface area contributed by atoms with Crippen LogP contribution in [0.4, 0.5) is 0 Å². The summed E-state index contributed by atoms with van der Waals surface area (Å²) in [5.74, 6) is 5.53. The normalized spacial score (nSPS) is 39.5. The Hall–Kier alpha value is -0.550. The van der Waals surface area contributed by atoms with Crippen LogP contribution in [0.15, 0.2) is 24.3 Å². The summed E-state index contributed by atoms with van der Waals surface area (Å²) in [6.07, 6.45) is 16.0. The number of fused-ring (bicyclic) bond motifs is 5. The van der Waals surface area contributed by atoms with Crippen LogP contribution in [0.2, 0.25) is 0 Å². The molecule has 0 aromatic heterocycles. The lowest BCUT2D eigenvalue weighted by Crippen LogP contribution is -2.64. The Labute approximate surface area is 279 Å². The van der Waals surface area contributed by atoms with Crippen molar-refractivity contribution in [3.8, 4) is 5.75 Å². The minimum absolute atomic E-state index is 0.0583. The summed E-state index contributed by atoms with van der Waals surface area (Å²) in [6, 6.07) is 7.47. The van der Waals surface area contributed by atoms with Crippen molar-refractivity contribution in [1.82, 2.24) is 0 Å². The number of benzene rings is 1. The van der Waals surface area contributed by atoms with Crippen LogP contribution in [-0.2, 0) is 4.74 Å². The van der Waals surface area contributed by atoms with E-state index in [4.69, 9.17) is 9.47 Å². The highest BCUT2D eigenvalue weighted by Gasteiger charge is 2.67. The SMILES string of the molecule is CCCCOc1ccc(C(=O)O[C@H]2CC[C@]3(C)[C@@H]4CC[C@]5(C)[C@H](CC[C@H]5[C@@H](C)CCCC(C)C)[C@H]4C[C@H](Br)[C@@]3(Br)C2)cc1. The molecule has 0 radical (unpaired) electrons. The number of alkyl halides is 2. The van der Waals surface area contributed by atoms with Gasteiger partial charge in [0.25, 0.3) is 0 Å². The monoisotopic (exact) mass is 720 g/mol. The Bertz CT molecular complexity index is 1090. The zero-order chi connectivity index (χ0) is 31.0. The molecule has 242 valence electrons. The molecule has 0 saturated heterocycles. The van der Waals surface area contributed by atoms with Crippen molar-refractivity contribution < 1.29 is 14.3 Å². The standard InChI is InChI=1S/C38H58Br2O3/c1-7-8-22-42-28-14-12-27(13-15-28)35(41)43-29-18-21-37(6)33-19-20-36(5)31(26(4)11-9-10-25(2)3)16-17-32(36)30(33)23-34(39)38(37,40)24-29/h12-15,25-26,29-34H,7-11,16-24H2,1-6H3/t26-,29-,30+,31-,32+,33+,34-,36-,37+,38-/m0/s1. The molecule has 3 nitrogen and oxygen atoms in total. The molecule has 4 aliphatic rings. The largest absolute Gasteiger partial charge is 0.494 e. The highest BCUT2D eigenvalue weighted by atomic mass is 79.9. The number of esters is 1. The Morgan fingerprint density at radius 3 is 2.42 bits per heavy atom. The fourth-order valence-corrected chi connectivity index (χ4v) is 12.7. The molecule has 5 rings (SSSR count). The Kier molecular flexibility index (Phi) is 10.7. The van der Waals surface area contributed by atoms with E-state index in [9.17, 15) is 4.79 Å². The summed E-state index contributed by atoms with van der Waals surface area (Å²) in [5, 5.41) is 0. The molecule has 0 amide bonds.